The summed E-state index contributed by atoms with van der Waals surface area (Å²) in [5.74, 6) is 0.00704. The number of alkyl halides is 3. The van der Waals surface area contributed by atoms with E-state index in [2.05, 4.69) is 57.1 Å². The molecule has 5 aliphatic rings. The van der Waals surface area contributed by atoms with Gasteiger partial charge in [-0.05, 0) is 68.7 Å². The normalized spacial score (nSPS) is 24.8. The van der Waals surface area contributed by atoms with Gasteiger partial charge in [0.1, 0.15) is 11.6 Å². The molecule has 0 bridgehead atoms. The van der Waals surface area contributed by atoms with Crippen molar-refractivity contribution >= 4 is 41.5 Å². The molecule has 5 aliphatic heterocycles. The summed E-state index contributed by atoms with van der Waals surface area (Å²) >= 11 is 1.82. The Bertz CT molecular complexity index is 1950. The van der Waals surface area contributed by atoms with E-state index in [4.69, 9.17) is 0 Å². The number of rotatable bonds is 9. The first-order valence-corrected chi connectivity index (χ1v) is 20.3. The number of hydrogen-bond acceptors (Lipinski definition) is 12. The maximum absolute atomic E-state index is 13.7. The molecule has 4 saturated heterocycles. The van der Waals surface area contributed by atoms with Crippen molar-refractivity contribution in [3.05, 3.63) is 53.5 Å². The molecule has 2 aromatic heterocycles. The second-order valence-electron chi connectivity index (χ2n) is 15.7. The largest absolute Gasteiger partial charge is 0.419 e. The number of imide groups is 1. The van der Waals surface area contributed by atoms with Gasteiger partial charge in [0.05, 0.1) is 11.9 Å². The minimum atomic E-state index is -4.57. The van der Waals surface area contributed by atoms with E-state index >= 15 is 0 Å². The number of hydrogen-bond donors (Lipinski definition) is 2. The molecule has 14 nitrogen and oxygen atoms in total. The summed E-state index contributed by atoms with van der Waals surface area (Å²) in [6, 6.07) is 5.89. The molecular weight excluding hydrogens is 748 g/mol. The average molecular weight is 796 g/mol. The van der Waals surface area contributed by atoms with Gasteiger partial charge in [-0.25, -0.2) is 18.6 Å². The zero-order valence-corrected chi connectivity index (χ0v) is 32.5. The third-order valence-electron chi connectivity index (χ3n) is 11.8. The van der Waals surface area contributed by atoms with Crippen LogP contribution in [0.25, 0.3) is 11.3 Å². The molecule has 56 heavy (non-hydrogen) atoms. The lowest BCUT2D eigenvalue weighted by atomic mass is 9.92. The lowest BCUT2D eigenvalue weighted by Crippen LogP contribution is -2.52. The number of halogens is 3. The number of amides is 3. The third kappa shape index (κ3) is 8.38. The van der Waals surface area contributed by atoms with Gasteiger partial charge in [0, 0.05) is 126 Å². The van der Waals surface area contributed by atoms with Crippen LogP contribution >= 0.6 is 12.1 Å². The van der Waals surface area contributed by atoms with E-state index < -0.39 is 23.7 Å². The van der Waals surface area contributed by atoms with Gasteiger partial charge in [0.2, 0.25) is 17.8 Å². The number of anilines is 2. The molecule has 0 aliphatic carbocycles. The van der Waals surface area contributed by atoms with E-state index in [-0.39, 0.29) is 35.9 Å². The second-order valence-corrected chi connectivity index (χ2v) is 16.8. The molecule has 4 fully saturated rings. The summed E-state index contributed by atoms with van der Waals surface area (Å²) in [6.45, 7) is 10.3. The molecule has 2 N–H and O–H groups in total. The van der Waals surface area contributed by atoms with Crippen LogP contribution in [-0.2, 0) is 29.4 Å². The Morgan fingerprint density at radius 1 is 0.982 bits per heavy atom. The number of carbonyl (C=O) groups excluding carboxylic acids is 3. The molecule has 18 heteroatoms. The molecule has 300 valence electrons. The number of nitrogens with zero attached hydrogens (tertiary/aromatic N) is 9. The summed E-state index contributed by atoms with van der Waals surface area (Å²) in [5.41, 5.74) is 1.92. The van der Waals surface area contributed by atoms with Crippen LogP contribution < -0.4 is 15.5 Å². The summed E-state index contributed by atoms with van der Waals surface area (Å²) in [6.07, 6.45) is 3.74. The number of fused-ring (bicyclic) bond motifs is 1. The van der Waals surface area contributed by atoms with E-state index in [0.29, 0.717) is 36.1 Å². The predicted octanol–water partition coefficient (Wildman–Crippen LogP) is 4.02. The topological polar surface area (TPSA) is 135 Å². The Kier molecular flexibility index (Phi) is 11.0. The highest BCUT2D eigenvalue weighted by Crippen LogP contribution is 2.37. The minimum Gasteiger partial charge on any atom is -0.369 e. The third-order valence-corrected chi connectivity index (χ3v) is 13.1. The standard InChI is InChI=1S/C38H48F3N11O3S/c1-24-17-25(21-48-13-15-49(16-14-48)29-3-4-30-26(18-29)23-51(36(30)55)32-5-6-33(53)45-35(32)54)7-12-52(24)56-50-10-8-28(9-11-50)44-37-42-20-31(38(39,40)41)34(46-37)27-19-43-47(2)22-27/h3-4,18-20,22,24-25,28,32H,5-17,21,23H2,1-2H3,(H,42,44,46)(H,45,53,54). The van der Waals surface area contributed by atoms with Gasteiger partial charge in [0.25, 0.3) is 5.91 Å². The predicted molar refractivity (Wildman–Crippen MR) is 205 cm³/mol. The average Bonchev–Trinajstić information content (AvgIpc) is 3.75. The number of piperidine rings is 3. The smallest absolute Gasteiger partial charge is 0.369 e. The Hall–Kier alpha value is -4.26. The molecule has 1 aromatic carbocycles. The number of aromatic nitrogens is 4. The van der Waals surface area contributed by atoms with E-state index in [1.165, 1.54) is 17.1 Å². The first-order valence-electron chi connectivity index (χ1n) is 19.5. The molecule has 0 radical (unpaired) electrons. The van der Waals surface area contributed by atoms with Crippen LogP contribution in [0.5, 0.6) is 0 Å². The van der Waals surface area contributed by atoms with E-state index in [1.807, 2.05) is 24.3 Å². The first-order chi connectivity index (χ1) is 26.9. The Labute approximate surface area is 328 Å². The highest BCUT2D eigenvalue weighted by molar-refractivity contribution is 7.94. The van der Waals surface area contributed by atoms with Gasteiger partial charge >= 0.3 is 6.18 Å². The number of nitrogens with one attached hydrogen (secondary N) is 2. The van der Waals surface area contributed by atoms with Crippen LogP contribution in [0.2, 0.25) is 0 Å². The number of carbonyl (C=O) groups is 3. The maximum atomic E-state index is 13.7. The van der Waals surface area contributed by atoms with Crippen molar-refractivity contribution in [2.45, 2.75) is 76.3 Å². The van der Waals surface area contributed by atoms with Crippen LogP contribution in [0.4, 0.5) is 24.8 Å². The van der Waals surface area contributed by atoms with E-state index in [1.54, 1.807) is 11.9 Å². The Morgan fingerprint density at radius 2 is 1.77 bits per heavy atom. The van der Waals surface area contributed by atoms with Crippen molar-refractivity contribution in [3.63, 3.8) is 0 Å². The minimum absolute atomic E-state index is 0.0659. The van der Waals surface area contributed by atoms with Crippen molar-refractivity contribution in [1.82, 2.24) is 43.5 Å². The molecule has 0 saturated carbocycles. The molecule has 8 rings (SSSR count). The molecule has 0 spiro atoms. The first kappa shape index (κ1) is 38.6. The van der Waals surface area contributed by atoms with Gasteiger partial charge in [-0.3, -0.25) is 29.3 Å². The highest BCUT2D eigenvalue weighted by atomic mass is 32.2. The van der Waals surface area contributed by atoms with Crippen molar-refractivity contribution in [1.29, 1.82) is 0 Å². The monoisotopic (exact) mass is 795 g/mol. The molecular formula is C38H48F3N11O3S. The SMILES string of the molecule is CC1CC(CN2CCN(c3ccc4c(c3)CN(C3CCC(=O)NC3=O)C4=O)CC2)CCN1SN1CCC(Nc2ncc(C(F)(F)F)c(-c3cnn(C)c3)n2)CC1. The summed E-state index contributed by atoms with van der Waals surface area (Å²) < 4.78 is 47.5. The van der Waals surface area contributed by atoms with Crippen LogP contribution in [-0.4, -0.2) is 126 Å². The van der Waals surface area contributed by atoms with Crippen LogP contribution in [0.3, 0.4) is 0 Å². The van der Waals surface area contributed by atoms with Gasteiger partial charge in [-0.1, -0.05) is 0 Å². The van der Waals surface area contributed by atoms with E-state index in [9.17, 15) is 27.6 Å². The van der Waals surface area contributed by atoms with Crippen molar-refractivity contribution < 1.29 is 27.6 Å². The van der Waals surface area contributed by atoms with Gasteiger partial charge in [0.15, 0.2) is 0 Å². The fraction of sp³-hybridized carbons (Fsp3) is 0.579. The van der Waals surface area contributed by atoms with Gasteiger partial charge < -0.3 is 15.1 Å². The zero-order chi connectivity index (χ0) is 39.1. The van der Waals surface area contributed by atoms with Gasteiger partial charge in [-0.15, -0.1) is 0 Å². The molecule has 3 unspecified atom stereocenters. The molecule has 3 amide bonds. The zero-order valence-electron chi connectivity index (χ0n) is 31.7. The van der Waals surface area contributed by atoms with Crippen LogP contribution in [0.15, 0.2) is 36.8 Å². The molecule has 7 heterocycles. The van der Waals surface area contributed by atoms with E-state index in [0.717, 1.165) is 95.5 Å². The van der Waals surface area contributed by atoms with Gasteiger partial charge in [-0.2, -0.15) is 18.3 Å². The lowest BCUT2D eigenvalue weighted by Gasteiger charge is -2.43. The maximum Gasteiger partial charge on any atom is 0.419 e. The Morgan fingerprint density at radius 3 is 2.46 bits per heavy atom. The number of aryl methyl sites for hydroxylation is 1. The number of piperazine rings is 1. The summed E-state index contributed by atoms with van der Waals surface area (Å²) in [4.78, 5) is 52.1. The summed E-state index contributed by atoms with van der Waals surface area (Å²) in [7, 11) is 1.66. The molecule has 3 atom stereocenters. The fourth-order valence-electron chi connectivity index (χ4n) is 8.68. The van der Waals surface area contributed by atoms with Crippen LogP contribution in [0.1, 0.15) is 66.9 Å². The van der Waals surface area contributed by atoms with Crippen molar-refractivity contribution in [2.75, 3.05) is 62.6 Å². The number of benzene rings is 1. The van der Waals surface area contributed by atoms with Crippen molar-refractivity contribution in [2.24, 2.45) is 13.0 Å². The fourth-order valence-corrected chi connectivity index (χ4v) is 9.79. The highest BCUT2D eigenvalue weighted by Gasteiger charge is 2.40. The second kappa shape index (κ2) is 15.9. The van der Waals surface area contributed by atoms with Crippen LogP contribution in [0, 0.1) is 5.92 Å². The lowest BCUT2D eigenvalue weighted by molar-refractivity contribution is -0.138. The van der Waals surface area contributed by atoms with Crippen molar-refractivity contribution in [3.8, 4) is 11.3 Å². The Balaban J connectivity index is 0.765. The molecule has 3 aromatic rings. The summed E-state index contributed by atoms with van der Waals surface area (Å²) in [5, 5.41) is 9.67. The quantitative estimate of drug-likeness (QED) is 0.240.